The molecule has 0 fully saturated rings. The molecule has 0 bridgehead atoms. The molecule has 1 aromatic rings. The monoisotopic (exact) mass is 180 g/mol. The fourth-order valence-electron chi connectivity index (χ4n) is 1.14. The maximum absolute atomic E-state index is 12.8. The van der Waals surface area contributed by atoms with Gasteiger partial charge < -0.3 is 10.8 Å². The van der Waals surface area contributed by atoms with Crippen LogP contribution in [0, 0.1) is 24.1 Å². The molecule has 1 aromatic carbocycles. The van der Waals surface area contributed by atoms with Gasteiger partial charge in [0.05, 0.1) is 6.07 Å². The summed E-state index contributed by atoms with van der Waals surface area (Å²) in [6.07, 6.45) is 0. The average molecular weight is 180 g/mol. The number of aromatic hydroxyl groups is 1. The van der Waals surface area contributed by atoms with Gasteiger partial charge in [0.1, 0.15) is 6.04 Å². The lowest BCUT2D eigenvalue weighted by molar-refractivity contribution is 0.423. The van der Waals surface area contributed by atoms with E-state index in [1.54, 1.807) is 13.0 Å². The molecular weight excluding hydrogens is 171 g/mol. The van der Waals surface area contributed by atoms with E-state index in [4.69, 9.17) is 11.0 Å². The number of rotatable bonds is 1. The molecule has 0 aromatic heterocycles. The van der Waals surface area contributed by atoms with E-state index < -0.39 is 17.6 Å². The molecule has 0 radical (unpaired) electrons. The van der Waals surface area contributed by atoms with E-state index in [-0.39, 0.29) is 5.56 Å². The Balaban J connectivity index is 3.35. The van der Waals surface area contributed by atoms with E-state index in [1.165, 1.54) is 6.07 Å². The summed E-state index contributed by atoms with van der Waals surface area (Å²) < 4.78 is 12.8. The van der Waals surface area contributed by atoms with Gasteiger partial charge in [-0.15, -0.1) is 0 Å². The van der Waals surface area contributed by atoms with Crippen molar-refractivity contribution in [2.45, 2.75) is 13.0 Å². The number of nitriles is 1. The van der Waals surface area contributed by atoms with Crippen LogP contribution in [-0.4, -0.2) is 5.11 Å². The zero-order valence-electron chi connectivity index (χ0n) is 7.08. The number of phenolic OH excluding ortho intramolecular Hbond substituents is 1. The number of nitrogens with two attached hydrogens (primary N) is 1. The van der Waals surface area contributed by atoms with Crippen LogP contribution in [0.5, 0.6) is 5.75 Å². The lowest BCUT2D eigenvalue weighted by atomic mass is 10.0. The van der Waals surface area contributed by atoms with E-state index in [0.717, 1.165) is 6.07 Å². The van der Waals surface area contributed by atoms with Gasteiger partial charge in [0.15, 0.2) is 11.6 Å². The number of nitrogens with zero attached hydrogens (tertiary/aromatic N) is 1. The summed E-state index contributed by atoms with van der Waals surface area (Å²) in [4.78, 5) is 0. The molecular formula is C9H9FN2O. The normalized spacial score (nSPS) is 12.2. The van der Waals surface area contributed by atoms with Crippen LogP contribution in [0.3, 0.4) is 0 Å². The Hall–Kier alpha value is -1.60. The highest BCUT2D eigenvalue weighted by molar-refractivity contribution is 5.43. The summed E-state index contributed by atoms with van der Waals surface area (Å²) in [5.74, 6) is -1.29. The van der Waals surface area contributed by atoms with E-state index >= 15 is 0 Å². The predicted octanol–water partition coefficient (Wildman–Crippen LogP) is 1.36. The molecule has 0 aliphatic rings. The number of aryl methyl sites for hydroxylation is 1. The van der Waals surface area contributed by atoms with Gasteiger partial charge in [-0.3, -0.25) is 0 Å². The third kappa shape index (κ3) is 1.60. The van der Waals surface area contributed by atoms with Gasteiger partial charge in [0.25, 0.3) is 0 Å². The van der Waals surface area contributed by atoms with Crippen molar-refractivity contribution in [2.75, 3.05) is 0 Å². The van der Waals surface area contributed by atoms with Crippen LogP contribution in [0.25, 0.3) is 0 Å². The molecule has 13 heavy (non-hydrogen) atoms. The predicted molar refractivity (Wildman–Crippen MR) is 45.3 cm³/mol. The van der Waals surface area contributed by atoms with Crippen LogP contribution in [0.4, 0.5) is 4.39 Å². The first kappa shape index (κ1) is 9.49. The van der Waals surface area contributed by atoms with Crippen LogP contribution < -0.4 is 5.73 Å². The van der Waals surface area contributed by atoms with E-state index in [0.29, 0.717) is 5.56 Å². The first-order valence-corrected chi connectivity index (χ1v) is 3.71. The van der Waals surface area contributed by atoms with E-state index in [1.807, 2.05) is 0 Å². The Morgan fingerprint density at radius 3 is 2.77 bits per heavy atom. The van der Waals surface area contributed by atoms with Crippen molar-refractivity contribution in [1.82, 2.24) is 0 Å². The lowest BCUT2D eigenvalue weighted by Gasteiger charge is -2.09. The van der Waals surface area contributed by atoms with Gasteiger partial charge in [-0.2, -0.15) is 5.26 Å². The molecule has 3 nitrogen and oxygen atoms in total. The van der Waals surface area contributed by atoms with Gasteiger partial charge in [-0.25, -0.2) is 4.39 Å². The van der Waals surface area contributed by atoms with Gasteiger partial charge in [-0.05, 0) is 18.6 Å². The molecule has 1 atom stereocenters. The van der Waals surface area contributed by atoms with Gasteiger partial charge in [-0.1, -0.05) is 6.07 Å². The molecule has 0 amide bonds. The largest absolute Gasteiger partial charge is 0.505 e. The number of hydrogen-bond donors (Lipinski definition) is 2. The number of phenols is 1. The minimum atomic E-state index is -0.990. The molecule has 0 saturated carbocycles. The molecule has 3 N–H and O–H groups in total. The Morgan fingerprint density at radius 2 is 2.23 bits per heavy atom. The topological polar surface area (TPSA) is 70.0 Å². The third-order valence-electron chi connectivity index (χ3n) is 1.84. The summed E-state index contributed by atoms with van der Waals surface area (Å²) in [7, 11) is 0. The summed E-state index contributed by atoms with van der Waals surface area (Å²) in [5, 5.41) is 17.8. The second-order valence-corrected chi connectivity index (χ2v) is 2.73. The maximum atomic E-state index is 12.8. The fourth-order valence-corrected chi connectivity index (χ4v) is 1.14. The first-order chi connectivity index (χ1) is 6.07. The van der Waals surface area contributed by atoms with Crippen molar-refractivity contribution in [3.63, 3.8) is 0 Å². The van der Waals surface area contributed by atoms with E-state index in [2.05, 4.69) is 0 Å². The molecule has 0 heterocycles. The number of halogens is 1. The second-order valence-electron chi connectivity index (χ2n) is 2.73. The lowest BCUT2D eigenvalue weighted by Crippen LogP contribution is -2.09. The Kier molecular flexibility index (Phi) is 2.49. The first-order valence-electron chi connectivity index (χ1n) is 3.71. The maximum Gasteiger partial charge on any atom is 0.165 e. The molecule has 68 valence electrons. The van der Waals surface area contributed by atoms with Crippen LogP contribution in [0.2, 0.25) is 0 Å². The Bertz CT molecular complexity index is 371. The molecule has 0 saturated heterocycles. The van der Waals surface area contributed by atoms with Crippen molar-refractivity contribution in [2.24, 2.45) is 5.73 Å². The molecule has 1 rings (SSSR count). The zero-order chi connectivity index (χ0) is 10.0. The standard InChI is InChI=1S/C9H9FN2O/c1-5-2-3-6(10)9(13)8(5)7(12)4-11/h2-3,7,13H,12H2,1H3. The summed E-state index contributed by atoms with van der Waals surface area (Å²) >= 11 is 0. The molecule has 1 unspecified atom stereocenters. The van der Waals surface area contributed by atoms with Crippen LogP contribution in [0.15, 0.2) is 12.1 Å². The smallest absolute Gasteiger partial charge is 0.165 e. The minimum absolute atomic E-state index is 0.155. The van der Waals surface area contributed by atoms with Crippen LogP contribution in [-0.2, 0) is 0 Å². The van der Waals surface area contributed by atoms with Crippen LogP contribution >= 0.6 is 0 Å². The number of hydrogen-bond acceptors (Lipinski definition) is 3. The quantitative estimate of drug-likeness (QED) is 0.685. The second kappa shape index (κ2) is 3.42. The molecule has 0 aliphatic heterocycles. The molecule has 0 aliphatic carbocycles. The SMILES string of the molecule is Cc1ccc(F)c(O)c1C(N)C#N. The Labute approximate surface area is 75.2 Å². The van der Waals surface area contributed by atoms with Gasteiger partial charge in [0, 0.05) is 5.56 Å². The van der Waals surface area contributed by atoms with E-state index in [9.17, 15) is 9.50 Å². The zero-order valence-corrected chi connectivity index (χ0v) is 7.08. The van der Waals surface area contributed by atoms with Gasteiger partial charge in [0.2, 0.25) is 0 Å². The highest BCUT2D eigenvalue weighted by Gasteiger charge is 2.16. The highest BCUT2D eigenvalue weighted by Crippen LogP contribution is 2.28. The fraction of sp³-hybridized carbons (Fsp3) is 0.222. The van der Waals surface area contributed by atoms with Crippen molar-refractivity contribution in [3.8, 4) is 11.8 Å². The molecule has 0 spiro atoms. The third-order valence-corrected chi connectivity index (χ3v) is 1.84. The highest BCUT2D eigenvalue weighted by atomic mass is 19.1. The summed E-state index contributed by atoms with van der Waals surface area (Å²) in [5.41, 5.74) is 6.14. The van der Waals surface area contributed by atoms with Crippen molar-refractivity contribution in [1.29, 1.82) is 5.26 Å². The van der Waals surface area contributed by atoms with Crippen molar-refractivity contribution in [3.05, 3.63) is 29.1 Å². The number of benzene rings is 1. The molecule has 4 heteroatoms. The average Bonchev–Trinajstić information content (AvgIpc) is 2.12. The Morgan fingerprint density at radius 1 is 1.62 bits per heavy atom. The van der Waals surface area contributed by atoms with Crippen LogP contribution in [0.1, 0.15) is 17.2 Å². The summed E-state index contributed by atoms with van der Waals surface area (Å²) in [6.45, 7) is 1.66. The van der Waals surface area contributed by atoms with Crippen molar-refractivity contribution >= 4 is 0 Å². The van der Waals surface area contributed by atoms with Gasteiger partial charge >= 0.3 is 0 Å². The van der Waals surface area contributed by atoms with Crippen molar-refractivity contribution < 1.29 is 9.50 Å². The minimum Gasteiger partial charge on any atom is -0.505 e. The summed E-state index contributed by atoms with van der Waals surface area (Å²) in [6, 6.07) is 3.36.